The number of carbonyl (C=O) groups excluding carboxylic acids is 1. The monoisotopic (exact) mass is 276 g/mol. The van der Waals surface area contributed by atoms with Gasteiger partial charge in [0, 0.05) is 26.2 Å². The number of nitrogens with zero attached hydrogens (tertiary/aromatic N) is 2. The first kappa shape index (κ1) is 15.7. The van der Waals surface area contributed by atoms with Gasteiger partial charge in [-0.2, -0.15) is 0 Å². The highest BCUT2D eigenvalue weighted by atomic mass is 35.5. The van der Waals surface area contributed by atoms with E-state index in [0.717, 1.165) is 38.0 Å². The van der Waals surface area contributed by atoms with Gasteiger partial charge in [-0.1, -0.05) is 13.8 Å². The average molecular weight is 277 g/mol. The van der Waals surface area contributed by atoms with Crippen LogP contribution in [0.15, 0.2) is 0 Å². The number of hydrogen-bond donors (Lipinski definition) is 0. The molecule has 0 bridgehead atoms. The zero-order chi connectivity index (χ0) is 12.3. The molecule has 0 aromatic rings. The van der Waals surface area contributed by atoms with Gasteiger partial charge in [0.1, 0.15) is 0 Å². The number of amides is 1. The smallest absolute Gasteiger partial charge is 0.236 e. The van der Waals surface area contributed by atoms with Crippen molar-refractivity contribution < 1.29 is 9.53 Å². The van der Waals surface area contributed by atoms with Crippen molar-refractivity contribution in [3.63, 3.8) is 0 Å². The zero-order valence-electron chi connectivity index (χ0n) is 11.4. The van der Waals surface area contributed by atoms with Crippen LogP contribution in [0.3, 0.4) is 0 Å². The third-order valence-electron chi connectivity index (χ3n) is 3.67. The number of hydrogen-bond acceptors (Lipinski definition) is 3. The number of halogens is 1. The maximum Gasteiger partial charge on any atom is 0.236 e. The van der Waals surface area contributed by atoms with Crippen molar-refractivity contribution in [1.82, 2.24) is 9.80 Å². The molecule has 0 aliphatic carbocycles. The summed E-state index contributed by atoms with van der Waals surface area (Å²) in [5.41, 5.74) is 0. The summed E-state index contributed by atoms with van der Waals surface area (Å²) in [6.07, 6.45) is 1.29. The molecule has 2 aliphatic rings. The van der Waals surface area contributed by atoms with Crippen LogP contribution in [0.2, 0.25) is 0 Å². The molecule has 2 saturated heterocycles. The number of likely N-dealkylation sites (tertiary alicyclic amines) is 1. The highest BCUT2D eigenvalue weighted by Gasteiger charge is 2.25. The molecule has 2 rings (SSSR count). The molecule has 4 nitrogen and oxygen atoms in total. The molecule has 0 aromatic heterocycles. The summed E-state index contributed by atoms with van der Waals surface area (Å²) in [6, 6.07) is 0. The van der Waals surface area contributed by atoms with Gasteiger partial charge in [0.2, 0.25) is 5.91 Å². The molecule has 0 spiro atoms. The van der Waals surface area contributed by atoms with E-state index in [4.69, 9.17) is 4.74 Å². The standard InChI is InChI=1S/C13H24N2O2.ClH/c1-11-7-12(2)9-14(8-11)10-13(16)15-3-5-17-6-4-15;/h11-12H,3-10H2,1-2H3;1H. The summed E-state index contributed by atoms with van der Waals surface area (Å²) in [6.45, 7) is 10.2. The van der Waals surface area contributed by atoms with Gasteiger partial charge in [0.25, 0.3) is 0 Å². The van der Waals surface area contributed by atoms with Gasteiger partial charge in [0.05, 0.1) is 19.8 Å². The molecule has 0 aromatic carbocycles. The highest BCUT2D eigenvalue weighted by Crippen LogP contribution is 2.20. The van der Waals surface area contributed by atoms with Crippen molar-refractivity contribution in [1.29, 1.82) is 0 Å². The molecular weight excluding hydrogens is 252 g/mol. The Morgan fingerprint density at radius 1 is 1.17 bits per heavy atom. The fourth-order valence-corrected chi connectivity index (χ4v) is 3.03. The van der Waals surface area contributed by atoms with Crippen molar-refractivity contribution in [3.8, 4) is 0 Å². The SMILES string of the molecule is CC1CC(C)CN(CC(=O)N2CCOCC2)C1.Cl. The lowest BCUT2D eigenvalue weighted by atomic mass is 9.92. The van der Waals surface area contributed by atoms with Crippen LogP contribution in [0.1, 0.15) is 20.3 Å². The number of ether oxygens (including phenoxy) is 1. The first-order valence-electron chi connectivity index (χ1n) is 6.73. The van der Waals surface area contributed by atoms with Gasteiger partial charge < -0.3 is 9.64 Å². The van der Waals surface area contributed by atoms with Gasteiger partial charge in [0.15, 0.2) is 0 Å². The zero-order valence-corrected chi connectivity index (χ0v) is 12.2. The lowest BCUT2D eigenvalue weighted by Gasteiger charge is -2.36. The van der Waals surface area contributed by atoms with E-state index >= 15 is 0 Å². The van der Waals surface area contributed by atoms with Crippen molar-refractivity contribution in [2.24, 2.45) is 11.8 Å². The second-order valence-corrected chi connectivity index (χ2v) is 5.63. The third-order valence-corrected chi connectivity index (χ3v) is 3.67. The summed E-state index contributed by atoms with van der Waals surface area (Å²) in [7, 11) is 0. The van der Waals surface area contributed by atoms with Crippen LogP contribution in [0.25, 0.3) is 0 Å². The molecule has 2 atom stereocenters. The van der Waals surface area contributed by atoms with Crippen molar-refractivity contribution in [2.45, 2.75) is 20.3 Å². The minimum Gasteiger partial charge on any atom is -0.378 e. The minimum atomic E-state index is 0. The van der Waals surface area contributed by atoms with E-state index in [1.165, 1.54) is 6.42 Å². The first-order chi connectivity index (χ1) is 8.15. The molecule has 5 heteroatoms. The normalized spacial score (nSPS) is 29.8. The molecule has 2 heterocycles. The Morgan fingerprint density at radius 2 is 1.72 bits per heavy atom. The molecule has 1 amide bonds. The fourth-order valence-electron chi connectivity index (χ4n) is 3.03. The quantitative estimate of drug-likeness (QED) is 0.761. The lowest BCUT2D eigenvalue weighted by molar-refractivity contribution is -0.137. The number of morpholine rings is 1. The number of piperidine rings is 1. The van der Waals surface area contributed by atoms with E-state index in [0.29, 0.717) is 19.8 Å². The van der Waals surface area contributed by atoms with Crippen molar-refractivity contribution in [3.05, 3.63) is 0 Å². The average Bonchev–Trinajstić information content (AvgIpc) is 2.28. The van der Waals surface area contributed by atoms with Crippen LogP contribution >= 0.6 is 12.4 Å². The predicted octanol–water partition coefficient (Wildman–Crippen LogP) is 1.24. The summed E-state index contributed by atoms with van der Waals surface area (Å²) in [5, 5.41) is 0. The topological polar surface area (TPSA) is 32.8 Å². The van der Waals surface area contributed by atoms with Gasteiger partial charge in [-0.25, -0.2) is 0 Å². The van der Waals surface area contributed by atoms with Gasteiger partial charge in [-0.15, -0.1) is 12.4 Å². The van der Waals surface area contributed by atoms with Crippen molar-refractivity contribution in [2.75, 3.05) is 45.9 Å². The summed E-state index contributed by atoms with van der Waals surface area (Å²) >= 11 is 0. The molecule has 2 unspecified atom stereocenters. The van der Waals surface area contributed by atoms with Gasteiger partial charge in [-0.3, -0.25) is 9.69 Å². The van der Waals surface area contributed by atoms with E-state index in [1.54, 1.807) is 0 Å². The first-order valence-corrected chi connectivity index (χ1v) is 6.73. The molecule has 2 aliphatic heterocycles. The largest absolute Gasteiger partial charge is 0.378 e. The Kier molecular flexibility index (Phi) is 6.39. The van der Waals surface area contributed by atoms with Crippen LogP contribution in [-0.4, -0.2) is 61.6 Å². The van der Waals surface area contributed by atoms with Crippen LogP contribution in [0.4, 0.5) is 0 Å². The molecule has 0 saturated carbocycles. The second kappa shape index (κ2) is 7.31. The molecule has 2 fully saturated rings. The summed E-state index contributed by atoms with van der Waals surface area (Å²) in [5.74, 6) is 1.71. The third kappa shape index (κ3) is 4.41. The lowest BCUT2D eigenvalue weighted by Crippen LogP contribution is -2.48. The molecule has 0 radical (unpaired) electrons. The van der Waals surface area contributed by atoms with E-state index in [9.17, 15) is 4.79 Å². The van der Waals surface area contributed by atoms with E-state index < -0.39 is 0 Å². The van der Waals surface area contributed by atoms with E-state index in [2.05, 4.69) is 18.7 Å². The number of rotatable bonds is 2. The van der Waals surface area contributed by atoms with E-state index in [-0.39, 0.29) is 18.3 Å². The Balaban J connectivity index is 0.00000162. The van der Waals surface area contributed by atoms with E-state index in [1.807, 2.05) is 4.90 Å². The fraction of sp³-hybridized carbons (Fsp3) is 0.923. The Hall–Kier alpha value is -0.320. The molecule has 0 N–H and O–H groups in total. The van der Waals surface area contributed by atoms with Crippen LogP contribution in [0.5, 0.6) is 0 Å². The van der Waals surface area contributed by atoms with Crippen LogP contribution in [0, 0.1) is 11.8 Å². The Morgan fingerprint density at radius 3 is 2.28 bits per heavy atom. The van der Waals surface area contributed by atoms with Gasteiger partial charge in [-0.05, 0) is 18.3 Å². The maximum atomic E-state index is 12.1. The molecular formula is C13H25ClN2O2. The van der Waals surface area contributed by atoms with Gasteiger partial charge >= 0.3 is 0 Å². The summed E-state index contributed by atoms with van der Waals surface area (Å²) < 4.78 is 5.27. The summed E-state index contributed by atoms with van der Waals surface area (Å²) in [4.78, 5) is 16.4. The predicted molar refractivity (Wildman–Crippen MR) is 74.0 cm³/mol. The maximum absolute atomic E-state index is 12.1. The van der Waals surface area contributed by atoms with Crippen LogP contribution < -0.4 is 0 Å². The molecule has 18 heavy (non-hydrogen) atoms. The minimum absolute atomic E-state index is 0. The molecule has 106 valence electrons. The Bertz CT molecular complexity index is 260. The Labute approximate surface area is 116 Å². The number of carbonyl (C=O) groups is 1. The highest BCUT2D eigenvalue weighted by molar-refractivity contribution is 5.85. The van der Waals surface area contributed by atoms with Crippen LogP contribution in [-0.2, 0) is 9.53 Å². The second-order valence-electron chi connectivity index (χ2n) is 5.63. The van der Waals surface area contributed by atoms with Crippen molar-refractivity contribution >= 4 is 18.3 Å².